The first kappa shape index (κ1) is 24.8. The van der Waals surface area contributed by atoms with E-state index >= 15 is 0 Å². The van der Waals surface area contributed by atoms with E-state index in [1.165, 1.54) is 7.11 Å². The Labute approximate surface area is 205 Å². The minimum Gasteiger partial charge on any atom is -0.495 e. The van der Waals surface area contributed by atoms with Gasteiger partial charge in [-0.1, -0.05) is 12.1 Å². The van der Waals surface area contributed by atoms with E-state index in [0.717, 1.165) is 39.1 Å². The second-order valence-electron chi connectivity index (χ2n) is 8.63. The van der Waals surface area contributed by atoms with E-state index in [2.05, 4.69) is 10.2 Å². The summed E-state index contributed by atoms with van der Waals surface area (Å²) in [5, 5.41) is 2.77. The van der Waals surface area contributed by atoms with E-state index in [4.69, 9.17) is 18.9 Å². The molecular weight excluding hydrogens is 450 g/mol. The lowest BCUT2D eigenvalue weighted by Gasteiger charge is -2.35. The third-order valence-electron chi connectivity index (χ3n) is 6.30. The average Bonchev–Trinajstić information content (AvgIpc) is 3.41. The quantitative estimate of drug-likeness (QED) is 0.587. The predicted octanol–water partition coefficient (Wildman–Crippen LogP) is 2.66. The summed E-state index contributed by atoms with van der Waals surface area (Å²) in [4.78, 5) is 29.7. The van der Waals surface area contributed by atoms with E-state index in [-0.39, 0.29) is 18.4 Å². The van der Waals surface area contributed by atoms with E-state index in [0.29, 0.717) is 47.7 Å². The monoisotopic (exact) mass is 483 g/mol. The molecular formula is C26H33N3O6. The number of piperazine rings is 1. The highest BCUT2D eigenvalue weighted by Crippen LogP contribution is 2.29. The number of rotatable bonds is 9. The number of para-hydroxylation sites is 2. The van der Waals surface area contributed by atoms with Crippen molar-refractivity contribution in [3.63, 3.8) is 0 Å². The number of amides is 2. The van der Waals surface area contributed by atoms with Gasteiger partial charge in [0.25, 0.3) is 11.8 Å². The van der Waals surface area contributed by atoms with Crippen LogP contribution in [0.1, 0.15) is 23.2 Å². The van der Waals surface area contributed by atoms with Crippen molar-refractivity contribution in [3.05, 3.63) is 48.0 Å². The standard InChI is InChI=1S/C26H33N3O6/c1-32-22-8-4-3-7-21(22)27-25(30)18-35-23-10-9-19(16-24(23)33-2)26(31)29-13-11-28(12-14-29)17-20-6-5-15-34-20/h3-4,7-10,16,20H,5-6,11-15,17-18H2,1-2H3,(H,27,30). The third kappa shape index (κ3) is 6.43. The SMILES string of the molecule is COc1ccccc1NC(=O)COc1ccc(C(=O)N2CCN(CC3CCCO3)CC2)cc1OC. The molecule has 2 fully saturated rings. The molecule has 0 aromatic heterocycles. The Kier molecular flexibility index (Phi) is 8.44. The van der Waals surface area contributed by atoms with Crippen LogP contribution in [0.25, 0.3) is 0 Å². The fraction of sp³-hybridized carbons (Fsp3) is 0.462. The fourth-order valence-corrected chi connectivity index (χ4v) is 4.39. The van der Waals surface area contributed by atoms with Crippen molar-refractivity contribution in [1.82, 2.24) is 9.80 Å². The number of benzene rings is 2. The van der Waals surface area contributed by atoms with Crippen molar-refractivity contribution in [2.45, 2.75) is 18.9 Å². The highest BCUT2D eigenvalue weighted by molar-refractivity contribution is 5.95. The van der Waals surface area contributed by atoms with Gasteiger partial charge in [0.1, 0.15) is 5.75 Å². The second kappa shape index (κ2) is 11.9. The zero-order chi connectivity index (χ0) is 24.6. The molecule has 0 aliphatic carbocycles. The van der Waals surface area contributed by atoms with Gasteiger partial charge in [0, 0.05) is 44.9 Å². The van der Waals surface area contributed by atoms with E-state index in [9.17, 15) is 9.59 Å². The van der Waals surface area contributed by atoms with Crippen LogP contribution < -0.4 is 19.5 Å². The van der Waals surface area contributed by atoms with Gasteiger partial charge in [-0.2, -0.15) is 0 Å². The molecule has 2 heterocycles. The lowest BCUT2D eigenvalue weighted by atomic mass is 10.1. The van der Waals surface area contributed by atoms with E-state index < -0.39 is 0 Å². The highest BCUT2D eigenvalue weighted by Gasteiger charge is 2.26. The van der Waals surface area contributed by atoms with Crippen LogP contribution >= 0.6 is 0 Å². The Bertz CT molecular complexity index is 1020. The van der Waals surface area contributed by atoms with Gasteiger partial charge in [-0.25, -0.2) is 0 Å². The second-order valence-corrected chi connectivity index (χ2v) is 8.63. The van der Waals surface area contributed by atoms with Crippen LogP contribution in [-0.4, -0.2) is 87.9 Å². The van der Waals surface area contributed by atoms with Gasteiger partial charge in [-0.15, -0.1) is 0 Å². The van der Waals surface area contributed by atoms with Gasteiger partial charge in [-0.05, 0) is 43.2 Å². The molecule has 2 aromatic carbocycles. The zero-order valence-corrected chi connectivity index (χ0v) is 20.3. The van der Waals surface area contributed by atoms with Crippen molar-refractivity contribution >= 4 is 17.5 Å². The Morgan fingerprint density at radius 1 is 1.00 bits per heavy atom. The van der Waals surface area contributed by atoms with E-state index in [1.807, 2.05) is 17.0 Å². The molecule has 35 heavy (non-hydrogen) atoms. The number of nitrogens with one attached hydrogen (secondary N) is 1. The minimum atomic E-state index is -0.336. The molecule has 0 spiro atoms. The summed E-state index contributed by atoms with van der Waals surface area (Å²) in [5.74, 6) is 0.977. The Morgan fingerprint density at radius 2 is 1.77 bits per heavy atom. The first-order valence-corrected chi connectivity index (χ1v) is 11.9. The third-order valence-corrected chi connectivity index (χ3v) is 6.30. The fourth-order valence-electron chi connectivity index (χ4n) is 4.39. The van der Waals surface area contributed by atoms with Crippen LogP contribution in [-0.2, 0) is 9.53 Å². The number of carbonyl (C=O) groups excluding carboxylic acids is 2. The highest BCUT2D eigenvalue weighted by atomic mass is 16.5. The van der Waals surface area contributed by atoms with Gasteiger partial charge in [-0.3, -0.25) is 14.5 Å². The summed E-state index contributed by atoms with van der Waals surface area (Å²) in [6, 6.07) is 12.2. The first-order valence-electron chi connectivity index (χ1n) is 11.9. The maximum Gasteiger partial charge on any atom is 0.262 e. The molecule has 2 aliphatic rings. The lowest BCUT2D eigenvalue weighted by Crippen LogP contribution is -2.50. The number of hydrogen-bond acceptors (Lipinski definition) is 7. The summed E-state index contributed by atoms with van der Waals surface area (Å²) in [5.41, 5.74) is 1.09. The zero-order valence-electron chi connectivity index (χ0n) is 20.3. The first-order chi connectivity index (χ1) is 17.1. The van der Waals surface area contributed by atoms with Gasteiger partial charge in [0.2, 0.25) is 0 Å². The topological polar surface area (TPSA) is 89.6 Å². The largest absolute Gasteiger partial charge is 0.495 e. The van der Waals surface area contributed by atoms with Crippen LogP contribution in [0.15, 0.2) is 42.5 Å². The molecule has 0 bridgehead atoms. The molecule has 4 rings (SSSR count). The molecule has 9 nitrogen and oxygen atoms in total. The molecule has 9 heteroatoms. The van der Waals surface area contributed by atoms with Gasteiger partial charge >= 0.3 is 0 Å². The van der Waals surface area contributed by atoms with Crippen molar-refractivity contribution in [1.29, 1.82) is 0 Å². The Balaban J connectivity index is 1.30. The summed E-state index contributed by atoms with van der Waals surface area (Å²) in [6.07, 6.45) is 2.58. The van der Waals surface area contributed by atoms with Gasteiger partial charge < -0.3 is 29.2 Å². The minimum absolute atomic E-state index is 0.0412. The predicted molar refractivity (Wildman–Crippen MR) is 131 cm³/mol. The molecule has 188 valence electrons. The molecule has 2 amide bonds. The van der Waals surface area contributed by atoms with Crippen LogP contribution in [0.2, 0.25) is 0 Å². The lowest BCUT2D eigenvalue weighted by molar-refractivity contribution is -0.118. The summed E-state index contributed by atoms with van der Waals surface area (Å²) in [7, 11) is 3.05. The van der Waals surface area contributed by atoms with Crippen LogP contribution in [0.3, 0.4) is 0 Å². The van der Waals surface area contributed by atoms with Gasteiger partial charge in [0.05, 0.1) is 26.0 Å². The maximum absolute atomic E-state index is 13.1. The Morgan fingerprint density at radius 3 is 2.49 bits per heavy atom. The number of ether oxygens (including phenoxy) is 4. The summed E-state index contributed by atoms with van der Waals surface area (Å²) >= 11 is 0. The van der Waals surface area contributed by atoms with Crippen molar-refractivity contribution in [2.75, 3.05) is 65.5 Å². The molecule has 2 aliphatic heterocycles. The number of nitrogens with zero attached hydrogens (tertiary/aromatic N) is 2. The molecule has 0 radical (unpaired) electrons. The van der Waals surface area contributed by atoms with Crippen molar-refractivity contribution < 1.29 is 28.5 Å². The van der Waals surface area contributed by atoms with Crippen LogP contribution in [0, 0.1) is 0 Å². The number of hydrogen-bond donors (Lipinski definition) is 1. The number of methoxy groups -OCH3 is 2. The molecule has 0 saturated carbocycles. The van der Waals surface area contributed by atoms with Crippen molar-refractivity contribution in [2.24, 2.45) is 0 Å². The van der Waals surface area contributed by atoms with Gasteiger partial charge in [0.15, 0.2) is 18.1 Å². The summed E-state index contributed by atoms with van der Waals surface area (Å²) in [6.45, 7) is 4.61. The molecule has 1 atom stereocenters. The Hall–Kier alpha value is -3.30. The van der Waals surface area contributed by atoms with E-state index in [1.54, 1.807) is 37.4 Å². The normalized spacial score (nSPS) is 18.2. The molecule has 2 saturated heterocycles. The molecule has 2 aromatic rings. The molecule has 1 unspecified atom stereocenters. The van der Waals surface area contributed by atoms with Crippen molar-refractivity contribution in [3.8, 4) is 17.2 Å². The smallest absolute Gasteiger partial charge is 0.262 e. The summed E-state index contributed by atoms with van der Waals surface area (Å²) < 4.78 is 22.1. The van der Waals surface area contributed by atoms with Crippen LogP contribution in [0.4, 0.5) is 5.69 Å². The number of carbonyl (C=O) groups is 2. The molecule has 1 N–H and O–H groups in total. The number of anilines is 1. The maximum atomic E-state index is 13.1. The van der Waals surface area contributed by atoms with Crippen LogP contribution in [0.5, 0.6) is 17.2 Å². The average molecular weight is 484 g/mol.